The van der Waals surface area contributed by atoms with Crippen LogP contribution in [0.1, 0.15) is 18.5 Å². The molecule has 1 N–H and O–H groups in total. The van der Waals surface area contributed by atoms with Gasteiger partial charge in [-0.25, -0.2) is 4.98 Å². The smallest absolute Gasteiger partial charge is 0.193 e. The maximum Gasteiger partial charge on any atom is 0.193 e. The zero-order valence-corrected chi connectivity index (χ0v) is 15.4. The molecule has 0 radical (unpaired) electrons. The molecule has 4 rings (SSSR count). The Hall–Kier alpha value is -1.92. The van der Waals surface area contributed by atoms with Gasteiger partial charge in [-0.15, -0.1) is 11.3 Å². The third kappa shape index (κ3) is 3.55. The second-order valence-corrected chi connectivity index (χ2v) is 7.74. The largest absolute Gasteiger partial charge is 0.381 e. The number of hydrogen-bond donors (Lipinski definition) is 1. The van der Waals surface area contributed by atoms with Gasteiger partial charge in [0.1, 0.15) is 5.01 Å². The molecule has 2 saturated heterocycles. The molecule has 0 saturated carbocycles. The maximum atomic E-state index is 5.62. The molecule has 2 aliphatic rings. The molecule has 6 heteroatoms. The summed E-state index contributed by atoms with van der Waals surface area (Å²) in [7, 11) is 1.86. The van der Waals surface area contributed by atoms with Gasteiger partial charge in [0.15, 0.2) is 5.96 Å². The molecular weight excluding hydrogens is 332 g/mol. The summed E-state index contributed by atoms with van der Waals surface area (Å²) < 4.78 is 5.62. The molecule has 2 aliphatic heterocycles. The van der Waals surface area contributed by atoms with Gasteiger partial charge in [-0.3, -0.25) is 4.99 Å². The number of guanidine groups is 1. The van der Waals surface area contributed by atoms with Crippen LogP contribution >= 0.6 is 11.3 Å². The van der Waals surface area contributed by atoms with Crippen LogP contribution < -0.4 is 5.32 Å². The van der Waals surface area contributed by atoms with Crippen molar-refractivity contribution in [2.24, 2.45) is 10.4 Å². The molecule has 1 unspecified atom stereocenters. The second kappa shape index (κ2) is 7.14. The van der Waals surface area contributed by atoms with E-state index >= 15 is 0 Å². The molecule has 2 fully saturated rings. The van der Waals surface area contributed by atoms with E-state index in [2.05, 4.69) is 32.7 Å². The Kier molecular flexibility index (Phi) is 4.72. The third-order valence-electron chi connectivity index (χ3n) is 5.13. The van der Waals surface area contributed by atoms with Gasteiger partial charge in [0, 0.05) is 43.1 Å². The van der Waals surface area contributed by atoms with Crippen molar-refractivity contribution in [3.05, 3.63) is 41.4 Å². The van der Waals surface area contributed by atoms with Crippen LogP contribution in [0.3, 0.4) is 0 Å². The number of aliphatic imine (C=N–C) groups is 1. The van der Waals surface area contributed by atoms with E-state index in [1.54, 1.807) is 11.3 Å². The average molecular weight is 356 g/mol. The Bertz CT molecular complexity index is 737. The molecule has 1 aromatic carbocycles. The van der Waals surface area contributed by atoms with Gasteiger partial charge in [0.2, 0.25) is 0 Å². The highest BCUT2D eigenvalue weighted by Crippen LogP contribution is 2.38. The van der Waals surface area contributed by atoms with Crippen molar-refractivity contribution >= 4 is 17.3 Å². The zero-order valence-electron chi connectivity index (χ0n) is 14.6. The van der Waals surface area contributed by atoms with Crippen LogP contribution in [-0.2, 0) is 11.3 Å². The van der Waals surface area contributed by atoms with Crippen LogP contribution in [0.25, 0.3) is 10.6 Å². The summed E-state index contributed by atoms with van der Waals surface area (Å²) in [6.45, 7) is 4.60. The lowest BCUT2D eigenvalue weighted by atomic mass is 9.87. The van der Waals surface area contributed by atoms with Gasteiger partial charge in [0.25, 0.3) is 0 Å². The number of benzene rings is 1. The highest BCUT2D eigenvalue weighted by atomic mass is 32.1. The number of hydrogen-bond acceptors (Lipinski definition) is 4. The van der Waals surface area contributed by atoms with E-state index in [9.17, 15) is 0 Å². The van der Waals surface area contributed by atoms with Crippen LogP contribution in [-0.4, -0.2) is 49.2 Å². The highest BCUT2D eigenvalue weighted by Gasteiger charge is 2.42. The quantitative estimate of drug-likeness (QED) is 0.678. The van der Waals surface area contributed by atoms with Crippen molar-refractivity contribution in [2.45, 2.75) is 19.4 Å². The Morgan fingerprint density at radius 1 is 1.36 bits per heavy atom. The van der Waals surface area contributed by atoms with Gasteiger partial charge in [0.05, 0.1) is 18.8 Å². The summed E-state index contributed by atoms with van der Waals surface area (Å²) >= 11 is 1.69. The summed E-state index contributed by atoms with van der Waals surface area (Å²) in [5.74, 6) is 0.970. The molecule has 132 valence electrons. The van der Waals surface area contributed by atoms with Crippen molar-refractivity contribution in [1.82, 2.24) is 15.2 Å². The number of nitrogens with zero attached hydrogens (tertiary/aromatic N) is 3. The topological polar surface area (TPSA) is 49.8 Å². The van der Waals surface area contributed by atoms with Crippen LogP contribution in [0.4, 0.5) is 0 Å². The van der Waals surface area contributed by atoms with E-state index in [1.807, 2.05) is 25.2 Å². The average Bonchev–Trinajstić information content (AvgIpc) is 3.39. The Morgan fingerprint density at radius 3 is 3.00 bits per heavy atom. The van der Waals surface area contributed by atoms with Gasteiger partial charge in [-0.1, -0.05) is 30.3 Å². The molecule has 5 nitrogen and oxygen atoms in total. The highest BCUT2D eigenvalue weighted by molar-refractivity contribution is 7.13. The summed E-state index contributed by atoms with van der Waals surface area (Å²) in [6, 6.07) is 10.3. The molecule has 25 heavy (non-hydrogen) atoms. The van der Waals surface area contributed by atoms with E-state index in [1.165, 1.54) is 18.4 Å². The SMILES string of the molecule is CN=C(NCc1csc(-c2ccccc2)n1)N1CCC2(CCOC2)C1. The first kappa shape index (κ1) is 16.5. The molecule has 3 heterocycles. The second-order valence-electron chi connectivity index (χ2n) is 6.88. The van der Waals surface area contributed by atoms with Crippen molar-refractivity contribution in [1.29, 1.82) is 0 Å². The zero-order chi connectivity index (χ0) is 17.1. The van der Waals surface area contributed by atoms with Gasteiger partial charge in [-0.2, -0.15) is 0 Å². The Morgan fingerprint density at radius 2 is 2.24 bits per heavy atom. The molecule has 0 bridgehead atoms. The first-order chi connectivity index (χ1) is 12.3. The van der Waals surface area contributed by atoms with Crippen molar-refractivity contribution < 1.29 is 4.74 Å². The monoisotopic (exact) mass is 356 g/mol. The minimum Gasteiger partial charge on any atom is -0.381 e. The number of thiazole rings is 1. The van der Waals surface area contributed by atoms with Crippen molar-refractivity contribution in [2.75, 3.05) is 33.4 Å². The first-order valence-electron chi connectivity index (χ1n) is 8.81. The lowest BCUT2D eigenvalue weighted by Crippen LogP contribution is -2.41. The Labute approximate surface area is 152 Å². The van der Waals surface area contributed by atoms with E-state index in [-0.39, 0.29) is 0 Å². The van der Waals surface area contributed by atoms with Crippen LogP contribution in [0.15, 0.2) is 40.7 Å². The molecule has 0 amide bonds. The van der Waals surface area contributed by atoms with Crippen molar-refractivity contribution in [3.63, 3.8) is 0 Å². The van der Waals surface area contributed by atoms with Crippen LogP contribution in [0.5, 0.6) is 0 Å². The summed E-state index contributed by atoms with van der Waals surface area (Å²) in [5.41, 5.74) is 2.58. The number of aromatic nitrogens is 1. The predicted octanol–water partition coefficient (Wildman–Crippen LogP) is 3.00. The van der Waals surface area contributed by atoms with Gasteiger partial charge in [-0.05, 0) is 12.8 Å². The predicted molar refractivity (Wildman–Crippen MR) is 102 cm³/mol. The first-order valence-corrected chi connectivity index (χ1v) is 9.69. The van der Waals surface area contributed by atoms with Crippen molar-refractivity contribution in [3.8, 4) is 10.6 Å². The number of rotatable bonds is 3. The Balaban J connectivity index is 1.37. The lowest BCUT2D eigenvalue weighted by molar-refractivity contribution is 0.156. The molecular formula is C19H24N4OS. The number of likely N-dealkylation sites (tertiary alicyclic amines) is 1. The summed E-state index contributed by atoms with van der Waals surface area (Å²) in [6.07, 6.45) is 2.37. The molecule has 0 aliphatic carbocycles. The fraction of sp³-hybridized carbons (Fsp3) is 0.474. The van der Waals surface area contributed by atoms with E-state index < -0.39 is 0 Å². The van der Waals surface area contributed by atoms with E-state index in [0.29, 0.717) is 12.0 Å². The summed E-state index contributed by atoms with van der Waals surface area (Å²) in [4.78, 5) is 11.6. The maximum absolute atomic E-state index is 5.62. The summed E-state index contributed by atoms with van der Waals surface area (Å²) in [5, 5.41) is 6.67. The minimum absolute atomic E-state index is 0.346. The molecule has 1 aromatic heterocycles. The fourth-order valence-electron chi connectivity index (χ4n) is 3.69. The lowest BCUT2D eigenvalue weighted by Gasteiger charge is -2.24. The standard InChI is InChI=1S/C19H24N4OS/c1-20-18(23-9-7-19(13-23)8-10-24-14-19)21-11-16-12-25-17(22-16)15-5-3-2-4-6-15/h2-6,12H,7-11,13-14H2,1H3,(H,20,21). The third-order valence-corrected chi connectivity index (χ3v) is 6.07. The van der Waals surface area contributed by atoms with E-state index in [0.717, 1.165) is 43.0 Å². The van der Waals surface area contributed by atoms with Crippen LogP contribution in [0.2, 0.25) is 0 Å². The minimum atomic E-state index is 0.346. The number of ether oxygens (including phenoxy) is 1. The molecule has 1 atom stereocenters. The van der Waals surface area contributed by atoms with Crippen LogP contribution in [0, 0.1) is 5.41 Å². The molecule has 1 spiro atoms. The fourth-order valence-corrected chi connectivity index (χ4v) is 4.52. The number of nitrogens with one attached hydrogen (secondary N) is 1. The normalized spacial score (nSPS) is 23.6. The van der Waals surface area contributed by atoms with Gasteiger partial charge < -0.3 is 15.0 Å². The van der Waals surface area contributed by atoms with E-state index in [4.69, 9.17) is 9.72 Å². The van der Waals surface area contributed by atoms with Gasteiger partial charge >= 0.3 is 0 Å². The molecule has 2 aromatic rings.